The van der Waals surface area contributed by atoms with Gasteiger partial charge in [0.05, 0.1) is 11.9 Å². The van der Waals surface area contributed by atoms with Gasteiger partial charge in [-0.2, -0.15) is 0 Å². The van der Waals surface area contributed by atoms with Crippen molar-refractivity contribution in [3.63, 3.8) is 0 Å². The zero-order valence-electron chi connectivity index (χ0n) is 8.47. The summed E-state index contributed by atoms with van der Waals surface area (Å²) in [6.07, 6.45) is 0. The Hall–Kier alpha value is -1.77. The van der Waals surface area contributed by atoms with Crippen LogP contribution < -0.4 is 39.9 Å². The molecule has 13 N–H and O–H groups in total. The van der Waals surface area contributed by atoms with Gasteiger partial charge in [0, 0.05) is 0 Å². The van der Waals surface area contributed by atoms with E-state index in [1.54, 1.807) is 0 Å². The van der Waals surface area contributed by atoms with Crippen molar-refractivity contribution in [2.75, 3.05) is 0 Å². The van der Waals surface area contributed by atoms with Crippen molar-refractivity contribution >= 4 is 23.9 Å². The summed E-state index contributed by atoms with van der Waals surface area (Å²) in [5.74, 6) is -8.38. The molecule has 0 heterocycles. The summed E-state index contributed by atoms with van der Waals surface area (Å²) in [5.41, 5.74) is 0. The van der Waals surface area contributed by atoms with E-state index >= 15 is 0 Å². The van der Waals surface area contributed by atoms with Crippen molar-refractivity contribution in [2.45, 2.75) is 0 Å². The average molecular weight is 304 g/mol. The van der Waals surface area contributed by atoms with Gasteiger partial charge in [-0.25, -0.2) is 4.79 Å². The van der Waals surface area contributed by atoms with Crippen molar-refractivity contribution in [3.05, 3.63) is 0 Å². The third-order valence-electron chi connectivity index (χ3n) is 0.341. The smallest absolute Gasteiger partial charge is 0.543 e. The van der Waals surface area contributed by atoms with E-state index < -0.39 is 23.9 Å². The van der Waals surface area contributed by atoms with Gasteiger partial charge in [-0.1, -0.05) is 0 Å². The fourth-order valence-electron chi connectivity index (χ4n) is 0. The predicted molar refractivity (Wildman–Crippen MR) is 42.7 cm³/mol. The summed E-state index contributed by atoms with van der Waals surface area (Å²) in [5, 5.41) is 34.2. The van der Waals surface area contributed by atoms with Crippen LogP contribution in [-0.2, 0) is 36.0 Å². The van der Waals surface area contributed by atoms with Crippen LogP contribution in [0.2, 0.25) is 0 Å². The Labute approximate surface area is 106 Å². The Morgan fingerprint density at radius 1 is 0.647 bits per heavy atom. The number of carboxylic acid groups (broad SMARTS) is 4. The van der Waals surface area contributed by atoms with E-state index in [0.29, 0.717) is 0 Å². The van der Waals surface area contributed by atoms with Crippen LogP contribution in [-0.4, -0.2) is 29.0 Å². The van der Waals surface area contributed by atoms with Gasteiger partial charge in [-0.05, 0) is 0 Å². The first-order chi connectivity index (χ1) is 5.29. The SMILES string of the molecule is N.N.N.N.O=C([O-])C(=O)O.O=C([O-])C(=O)[O-].[Co+3]. The van der Waals surface area contributed by atoms with Gasteiger partial charge in [0.2, 0.25) is 0 Å². The first kappa shape index (κ1) is 45.5. The van der Waals surface area contributed by atoms with Gasteiger partial charge >= 0.3 is 22.7 Å². The number of rotatable bonds is 0. The van der Waals surface area contributed by atoms with Gasteiger partial charge in [0.25, 0.3) is 0 Å². The molecule has 106 valence electrons. The van der Waals surface area contributed by atoms with E-state index in [4.69, 9.17) is 39.6 Å². The molecule has 12 nitrogen and oxygen atoms in total. The van der Waals surface area contributed by atoms with Crippen molar-refractivity contribution in [3.8, 4) is 0 Å². The van der Waals surface area contributed by atoms with Crippen molar-refractivity contribution in [1.29, 1.82) is 0 Å². The molecule has 0 radical (unpaired) electrons. The second kappa shape index (κ2) is 23.8. The van der Waals surface area contributed by atoms with E-state index in [2.05, 4.69) is 0 Å². The molecular formula is C4H13CoN4O8. The fourth-order valence-corrected chi connectivity index (χ4v) is 0. The first-order valence-corrected chi connectivity index (χ1v) is 2.15. The molecule has 0 aliphatic carbocycles. The minimum Gasteiger partial charge on any atom is -0.543 e. The van der Waals surface area contributed by atoms with Crippen LogP contribution in [0.25, 0.3) is 0 Å². The van der Waals surface area contributed by atoms with Crippen LogP contribution in [0.3, 0.4) is 0 Å². The summed E-state index contributed by atoms with van der Waals surface area (Å²) in [4.78, 5) is 35.9. The Morgan fingerprint density at radius 2 is 0.765 bits per heavy atom. The molecule has 0 bridgehead atoms. The molecule has 0 fully saturated rings. The number of hydrogen-bond acceptors (Lipinski definition) is 11. The molecule has 0 amide bonds. The van der Waals surface area contributed by atoms with Crippen molar-refractivity contribution in [2.24, 2.45) is 0 Å². The molecule has 13 heteroatoms. The van der Waals surface area contributed by atoms with Crippen molar-refractivity contribution < 1.29 is 56.4 Å². The van der Waals surface area contributed by atoms with Crippen LogP contribution in [0.5, 0.6) is 0 Å². The van der Waals surface area contributed by atoms with E-state index in [1.807, 2.05) is 0 Å². The minimum absolute atomic E-state index is 0. The average Bonchev–Trinajstić information content (AvgIpc) is 1.88. The van der Waals surface area contributed by atoms with Crippen LogP contribution in [0, 0.1) is 0 Å². The summed E-state index contributed by atoms with van der Waals surface area (Å²) < 4.78 is 0. The number of carboxylic acids is 4. The summed E-state index contributed by atoms with van der Waals surface area (Å²) >= 11 is 0. The van der Waals surface area contributed by atoms with Gasteiger partial charge in [-0.3, -0.25) is 0 Å². The molecule has 0 aromatic heterocycles. The van der Waals surface area contributed by atoms with Crippen LogP contribution in [0.15, 0.2) is 0 Å². The topological polar surface area (TPSA) is 298 Å². The van der Waals surface area contributed by atoms with Gasteiger partial charge in [0.15, 0.2) is 5.97 Å². The largest absolute Gasteiger partial charge is 3.00 e. The molecule has 0 aromatic rings. The standard InChI is InChI=1S/2C2H2O4.Co.4H3N/c2*3-1(4)2(5)6;;;;;/h2*(H,3,4)(H,5,6);;4*1H3/q;;+3;;;;/p-3. The number of aliphatic carboxylic acids is 4. The molecule has 0 rings (SSSR count). The van der Waals surface area contributed by atoms with E-state index in [0.717, 1.165) is 0 Å². The fraction of sp³-hybridized carbons (Fsp3) is 0. The quantitative estimate of drug-likeness (QED) is 0.262. The molecule has 0 aliphatic rings. The van der Waals surface area contributed by atoms with Crippen LogP contribution >= 0.6 is 0 Å². The Morgan fingerprint density at radius 3 is 0.765 bits per heavy atom. The van der Waals surface area contributed by atoms with E-state index in [9.17, 15) is 0 Å². The third kappa shape index (κ3) is 54.9. The molecule has 0 saturated heterocycles. The zero-order chi connectivity index (χ0) is 10.3. The first-order valence-electron chi connectivity index (χ1n) is 2.15. The van der Waals surface area contributed by atoms with E-state index in [-0.39, 0.29) is 41.4 Å². The second-order valence-corrected chi connectivity index (χ2v) is 1.17. The molecule has 0 aliphatic heterocycles. The summed E-state index contributed by atoms with van der Waals surface area (Å²) in [6, 6.07) is 0. The Bertz CT molecular complexity index is 186. The number of carbonyl (C=O) groups is 4. The van der Waals surface area contributed by atoms with Gasteiger partial charge < -0.3 is 59.4 Å². The Balaban J connectivity index is -0.0000000182. The minimum atomic E-state index is -2.19. The van der Waals surface area contributed by atoms with E-state index in [1.165, 1.54) is 0 Å². The monoisotopic (exact) mass is 304 g/mol. The zero-order valence-corrected chi connectivity index (χ0v) is 9.51. The molecule has 0 atom stereocenters. The molecule has 0 spiro atoms. The van der Waals surface area contributed by atoms with Crippen LogP contribution in [0.1, 0.15) is 0 Å². The molecule has 0 aromatic carbocycles. The normalized spacial score (nSPS) is 5.18. The molecule has 0 saturated carbocycles. The number of hydrogen-bond donors (Lipinski definition) is 5. The molecule has 17 heavy (non-hydrogen) atoms. The maximum Gasteiger partial charge on any atom is 3.00 e. The van der Waals surface area contributed by atoms with Gasteiger partial charge in [0.1, 0.15) is 0 Å². The third-order valence-corrected chi connectivity index (χ3v) is 0.341. The van der Waals surface area contributed by atoms with Crippen molar-refractivity contribution in [1.82, 2.24) is 24.6 Å². The summed E-state index contributed by atoms with van der Waals surface area (Å²) in [6.45, 7) is 0. The number of carbonyl (C=O) groups excluding carboxylic acids is 3. The molecular weight excluding hydrogens is 291 g/mol. The molecule has 0 unspecified atom stereocenters. The maximum atomic E-state index is 9.04. The Kier molecular flexibility index (Phi) is 63.7. The predicted octanol–water partition coefficient (Wildman–Crippen LogP) is -5.05. The summed E-state index contributed by atoms with van der Waals surface area (Å²) in [7, 11) is 0. The maximum absolute atomic E-state index is 9.04. The second-order valence-electron chi connectivity index (χ2n) is 1.17. The van der Waals surface area contributed by atoms with Crippen LogP contribution in [0.4, 0.5) is 0 Å². The van der Waals surface area contributed by atoms with Gasteiger partial charge in [-0.15, -0.1) is 0 Å².